The molecule has 1 aromatic rings. The van der Waals surface area contributed by atoms with Crippen molar-refractivity contribution in [2.24, 2.45) is 17.6 Å². The molecule has 1 saturated carbocycles. The zero-order valence-corrected chi connectivity index (χ0v) is 20.7. The topological polar surface area (TPSA) is 102 Å². The van der Waals surface area contributed by atoms with Crippen molar-refractivity contribution < 1.29 is 19.4 Å². The van der Waals surface area contributed by atoms with Crippen LogP contribution in [0.4, 0.5) is 0 Å². The first kappa shape index (κ1) is 25.7. The van der Waals surface area contributed by atoms with Crippen LogP contribution in [-0.4, -0.2) is 42.3 Å². The monoisotopic (exact) mass is 458 g/mol. The molecule has 5 atom stereocenters. The lowest BCUT2D eigenvalue weighted by Crippen LogP contribution is -2.61. The number of aliphatic carboxylic acids is 1. The second-order valence-corrected chi connectivity index (χ2v) is 10.1. The number of carbonyl (C=O) groups is 2. The molecule has 1 fully saturated rings. The maximum atomic E-state index is 11.9. The van der Waals surface area contributed by atoms with Crippen molar-refractivity contribution in [1.29, 1.82) is 0 Å². The molecule has 33 heavy (non-hydrogen) atoms. The zero-order valence-electron chi connectivity index (χ0n) is 20.7. The van der Waals surface area contributed by atoms with Crippen molar-refractivity contribution in [1.82, 2.24) is 5.32 Å². The number of benzene rings is 1. The predicted octanol–water partition coefficient (Wildman–Crippen LogP) is 4.43. The molecule has 0 bridgehead atoms. The second-order valence-electron chi connectivity index (χ2n) is 10.1. The molecule has 3 rings (SSSR count). The number of carboxylic acids is 1. The first-order valence-corrected chi connectivity index (χ1v) is 12.7. The van der Waals surface area contributed by atoms with E-state index in [0.29, 0.717) is 23.9 Å². The summed E-state index contributed by atoms with van der Waals surface area (Å²) in [4.78, 5) is 23.5. The Balaban J connectivity index is 1.88. The minimum atomic E-state index is -0.669. The Morgan fingerprint density at radius 1 is 1.24 bits per heavy atom. The smallest absolute Gasteiger partial charge is 0.306 e. The third-order valence-corrected chi connectivity index (χ3v) is 8.54. The van der Waals surface area contributed by atoms with Crippen molar-refractivity contribution in [2.45, 2.75) is 102 Å². The Bertz CT molecular complexity index is 835. The summed E-state index contributed by atoms with van der Waals surface area (Å²) in [5.41, 5.74) is 8.49. The maximum absolute atomic E-state index is 11.9. The van der Waals surface area contributed by atoms with Crippen LogP contribution in [0.1, 0.15) is 93.6 Å². The van der Waals surface area contributed by atoms with Gasteiger partial charge in [-0.2, -0.15) is 0 Å². The number of rotatable bonds is 10. The molecule has 0 aliphatic heterocycles. The minimum absolute atomic E-state index is 0.0413. The van der Waals surface area contributed by atoms with E-state index in [-0.39, 0.29) is 23.5 Å². The van der Waals surface area contributed by atoms with Gasteiger partial charge in [-0.3, -0.25) is 9.59 Å². The van der Waals surface area contributed by atoms with Crippen LogP contribution in [0.5, 0.6) is 0 Å². The fraction of sp³-hybridized carbons (Fsp3) is 0.704. The van der Waals surface area contributed by atoms with E-state index in [9.17, 15) is 14.7 Å². The first-order valence-electron chi connectivity index (χ1n) is 12.7. The molecule has 1 amide bonds. The lowest BCUT2D eigenvalue weighted by molar-refractivity contribution is -0.142. The molecule has 4 N–H and O–H groups in total. The van der Waals surface area contributed by atoms with Gasteiger partial charge in [-0.25, -0.2) is 0 Å². The van der Waals surface area contributed by atoms with Crippen LogP contribution < -0.4 is 11.1 Å². The van der Waals surface area contributed by atoms with Gasteiger partial charge < -0.3 is 20.9 Å². The van der Waals surface area contributed by atoms with E-state index in [1.165, 1.54) is 11.1 Å². The van der Waals surface area contributed by atoms with Crippen LogP contribution >= 0.6 is 0 Å². The van der Waals surface area contributed by atoms with E-state index in [2.05, 4.69) is 19.2 Å². The fourth-order valence-corrected chi connectivity index (χ4v) is 6.54. The Morgan fingerprint density at radius 2 is 1.97 bits per heavy atom. The van der Waals surface area contributed by atoms with Crippen LogP contribution in [0.15, 0.2) is 18.2 Å². The third-order valence-electron chi connectivity index (χ3n) is 8.54. The van der Waals surface area contributed by atoms with Gasteiger partial charge in [0.05, 0.1) is 12.0 Å². The van der Waals surface area contributed by atoms with E-state index in [4.69, 9.17) is 10.5 Å². The van der Waals surface area contributed by atoms with Crippen LogP contribution in [-0.2, 0) is 21.4 Å². The SMILES string of the molecule is CCC(CC1CCC[C@@H](N[C@@H]2[C@@H](OC)Cc3ccc(C(N)=O)cc3C2(CC)CC)C1)C(=O)O. The molecule has 2 aliphatic carbocycles. The standard InChI is InChI=1S/C27H42N2O4/c1-5-18(26(31)32)13-17-9-8-10-21(14-17)29-24-23(33-4)16-19-11-12-20(25(28)30)15-22(19)27(24,6-2)7-3/h11-12,15,17-18,21,23-24,29H,5-10,13-14,16H2,1-4H3,(H2,28,30)(H,31,32)/t17?,18?,21-,23+,24-/m1/s1. The highest BCUT2D eigenvalue weighted by atomic mass is 16.5. The average molecular weight is 459 g/mol. The normalized spacial score (nSPS) is 27.5. The summed E-state index contributed by atoms with van der Waals surface area (Å²) in [6.45, 7) is 6.41. The number of hydrogen-bond acceptors (Lipinski definition) is 4. The van der Waals surface area contributed by atoms with Gasteiger partial charge in [-0.05, 0) is 67.7 Å². The van der Waals surface area contributed by atoms with Gasteiger partial charge >= 0.3 is 5.97 Å². The number of ether oxygens (including phenoxy) is 1. The number of primary amides is 1. The van der Waals surface area contributed by atoms with Gasteiger partial charge in [-0.1, -0.05) is 39.7 Å². The summed E-state index contributed by atoms with van der Waals surface area (Å²) in [5.74, 6) is -0.874. The largest absolute Gasteiger partial charge is 0.481 e. The van der Waals surface area contributed by atoms with E-state index in [1.807, 2.05) is 25.1 Å². The van der Waals surface area contributed by atoms with Crippen LogP contribution in [0.2, 0.25) is 0 Å². The Labute approximate surface area is 198 Å². The Hall–Kier alpha value is -1.92. The third kappa shape index (κ3) is 5.27. The quantitative estimate of drug-likeness (QED) is 0.481. The summed E-state index contributed by atoms with van der Waals surface area (Å²) in [5, 5.41) is 13.5. The summed E-state index contributed by atoms with van der Waals surface area (Å²) in [6, 6.07) is 6.35. The molecule has 0 radical (unpaired) electrons. The lowest BCUT2D eigenvalue weighted by Gasteiger charge is -2.50. The first-order chi connectivity index (χ1) is 15.8. The van der Waals surface area contributed by atoms with Crippen molar-refractivity contribution in [3.8, 4) is 0 Å². The molecule has 0 aromatic heterocycles. The Morgan fingerprint density at radius 3 is 2.55 bits per heavy atom. The lowest BCUT2D eigenvalue weighted by atomic mass is 9.62. The predicted molar refractivity (Wildman–Crippen MR) is 130 cm³/mol. The van der Waals surface area contributed by atoms with Gasteiger partial charge in [0, 0.05) is 36.6 Å². The van der Waals surface area contributed by atoms with Crippen molar-refractivity contribution in [2.75, 3.05) is 7.11 Å². The molecular formula is C27H42N2O4. The van der Waals surface area contributed by atoms with Gasteiger partial charge in [0.15, 0.2) is 0 Å². The van der Waals surface area contributed by atoms with Crippen LogP contribution in [0, 0.1) is 11.8 Å². The van der Waals surface area contributed by atoms with E-state index in [0.717, 1.165) is 51.4 Å². The molecule has 6 nitrogen and oxygen atoms in total. The van der Waals surface area contributed by atoms with E-state index < -0.39 is 11.9 Å². The number of methoxy groups -OCH3 is 1. The molecule has 2 aliphatic rings. The van der Waals surface area contributed by atoms with Gasteiger partial charge in [0.25, 0.3) is 0 Å². The number of hydrogen-bond donors (Lipinski definition) is 3. The average Bonchev–Trinajstić information content (AvgIpc) is 2.82. The van der Waals surface area contributed by atoms with Gasteiger partial charge in [-0.15, -0.1) is 0 Å². The summed E-state index contributed by atoms with van der Waals surface area (Å²) in [6.07, 6.45) is 8.50. The number of nitrogens with one attached hydrogen (secondary N) is 1. The number of amides is 1. The molecular weight excluding hydrogens is 416 g/mol. The number of fused-ring (bicyclic) bond motifs is 1. The molecule has 0 heterocycles. The van der Waals surface area contributed by atoms with Crippen molar-refractivity contribution in [3.63, 3.8) is 0 Å². The number of nitrogens with two attached hydrogens (primary N) is 1. The second kappa shape index (κ2) is 11.0. The summed E-state index contributed by atoms with van der Waals surface area (Å²) >= 11 is 0. The molecule has 1 aromatic carbocycles. The summed E-state index contributed by atoms with van der Waals surface area (Å²) in [7, 11) is 1.79. The molecule has 184 valence electrons. The number of carboxylic acid groups (broad SMARTS) is 1. The molecule has 2 unspecified atom stereocenters. The summed E-state index contributed by atoms with van der Waals surface area (Å²) < 4.78 is 6.05. The molecule has 0 saturated heterocycles. The van der Waals surface area contributed by atoms with Crippen LogP contribution in [0.3, 0.4) is 0 Å². The number of carbonyl (C=O) groups excluding carboxylic acids is 1. The fourth-order valence-electron chi connectivity index (χ4n) is 6.54. The molecule has 0 spiro atoms. The highest BCUT2D eigenvalue weighted by Gasteiger charge is 2.48. The van der Waals surface area contributed by atoms with Crippen molar-refractivity contribution >= 4 is 11.9 Å². The molecule has 6 heteroatoms. The highest BCUT2D eigenvalue weighted by molar-refractivity contribution is 5.93. The minimum Gasteiger partial charge on any atom is -0.481 e. The maximum Gasteiger partial charge on any atom is 0.306 e. The van der Waals surface area contributed by atoms with E-state index >= 15 is 0 Å². The van der Waals surface area contributed by atoms with E-state index in [1.54, 1.807) is 7.11 Å². The van der Waals surface area contributed by atoms with Crippen LogP contribution in [0.25, 0.3) is 0 Å². The Kier molecular flexibility index (Phi) is 8.57. The zero-order chi connectivity index (χ0) is 24.2. The van der Waals surface area contributed by atoms with Gasteiger partial charge in [0.1, 0.15) is 0 Å². The van der Waals surface area contributed by atoms with Gasteiger partial charge in [0.2, 0.25) is 5.91 Å². The highest BCUT2D eigenvalue weighted by Crippen LogP contribution is 2.45. The van der Waals surface area contributed by atoms with Crippen molar-refractivity contribution in [3.05, 3.63) is 34.9 Å².